The molecule has 0 aliphatic heterocycles. The summed E-state index contributed by atoms with van der Waals surface area (Å²) in [6, 6.07) is 6.25. The van der Waals surface area contributed by atoms with E-state index in [1.807, 2.05) is 32.0 Å². The fraction of sp³-hybridized carbons (Fsp3) is 0.533. The Morgan fingerprint density at radius 1 is 1.53 bits per heavy atom. The summed E-state index contributed by atoms with van der Waals surface area (Å²) < 4.78 is 5.57. The average Bonchev–Trinajstić information content (AvgIpc) is 2.76. The molecule has 0 saturated carbocycles. The van der Waals surface area contributed by atoms with Crippen LogP contribution in [0.1, 0.15) is 37.4 Å². The molecule has 0 saturated heterocycles. The quantitative estimate of drug-likeness (QED) is 0.901. The van der Waals surface area contributed by atoms with Crippen molar-refractivity contribution < 1.29 is 9.53 Å². The Bertz CT molecular complexity index is 471. The molecule has 104 valence electrons. The van der Waals surface area contributed by atoms with Crippen molar-refractivity contribution in [1.29, 1.82) is 0 Å². The molecule has 1 aliphatic rings. The van der Waals surface area contributed by atoms with E-state index in [9.17, 15) is 4.79 Å². The Morgan fingerprint density at radius 2 is 2.26 bits per heavy atom. The largest absolute Gasteiger partial charge is 0.484 e. The van der Waals surface area contributed by atoms with E-state index in [1.165, 1.54) is 11.1 Å². The smallest absolute Gasteiger partial charge is 0.260 e. The molecule has 4 heteroatoms. The minimum absolute atomic E-state index is 0.00722. The van der Waals surface area contributed by atoms with Crippen molar-refractivity contribution in [2.45, 2.75) is 38.8 Å². The summed E-state index contributed by atoms with van der Waals surface area (Å²) in [5, 5.41) is 0. The van der Waals surface area contributed by atoms with Crippen LogP contribution in [0.2, 0.25) is 0 Å². The number of fused-ring (bicyclic) bond motifs is 1. The van der Waals surface area contributed by atoms with Crippen molar-refractivity contribution in [3.8, 4) is 5.75 Å². The lowest BCUT2D eigenvalue weighted by molar-refractivity contribution is -0.133. The number of hydrogen-bond donors (Lipinski definition) is 1. The predicted molar refractivity (Wildman–Crippen MR) is 75.1 cm³/mol. The highest BCUT2D eigenvalue weighted by Crippen LogP contribution is 2.31. The van der Waals surface area contributed by atoms with E-state index in [2.05, 4.69) is 0 Å². The van der Waals surface area contributed by atoms with Crippen LogP contribution in [0.25, 0.3) is 0 Å². The highest BCUT2D eigenvalue weighted by atomic mass is 16.5. The van der Waals surface area contributed by atoms with E-state index in [1.54, 1.807) is 11.9 Å². The molecule has 1 aromatic carbocycles. The lowest BCUT2D eigenvalue weighted by Crippen LogP contribution is -2.36. The molecule has 2 N–H and O–H groups in total. The van der Waals surface area contributed by atoms with Gasteiger partial charge in [0.15, 0.2) is 6.61 Å². The predicted octanol–water partition coefficient (Wildman–Crippen LogP) is 1.88. The minimum Gasteiger partial charge on any atom is -0.484 e. The van der Waals surface area contributed by atoms with Gasteiger partial charge in [-0.2, -0.15) is 0 Å². The monoisotopic (exact) mass is 262 g/mol. The van der Waals surface area contributed by atoms with Crippen LogP contribution in [-0.2, 0) is 11.2 Å². The van der Waals surface area contributed by atoms with E-state index >= 15 is 0 Å². The Kier molecular flexibility index (Phi) is 4.10. The second kappa shape index (κ2) is 5.61. The summed E-state index contributed by atoms with van der Waals surface area (Å²) in [5.74, 6) is 0.741. The molecule has 1 unspecified atom stereocenters. The number of likely N-dealkylation sites (N-methyl/N-ethyl adjacent to an activating group) is 1. The number of amides is 1. The first-order chi connectivity index (χ1) is 8.99. The van der Waals surface area contributed by atoms with E-state index in [4.69, 9.17) is 10.5 Å². The Morgan fingerprint density at radius 3 is 2.95 bits per heavy atom. The van der Waals surface area contributed by atoms with E-state index in [-0.39, 0.29) is 24.6 Å². The second-order valence-corrected chi connectivity index (χ2v) is 5.39. The molecule has 0 spiro atoms. The first-order valence-corrected chi connectivity index (χ1v) is 6.76. The van der Waals surface area contributed by atoms with Crippen molar-refractivity contribution in [2.24, 2.45) is 5.73 Å². The topological polar surface area (TPSA) is 55.6 Å². The molecule has 1 amide bonds. The zero-order valence-electron chi connectivity index (χ0n) is 11.8. The number of aryl methyl sites for hydroxylation is 1. The number of nitrogens with two attached hydrogens (primary N) is 1. The van der Waals surface area contributed by atoms with Gasteiger partial charge in [0.05, 0.1) is 0 Å². The molecule has 4 nitrogen and oxygen atoms in total. The lowest BCUT2D eigenvalue weighted by atomic mass is 10.1. The Hall–Kier alpha value is -1.55. The summed E-state index contributed by atoms with van der Waals surface area (Å²) >= 11 is 0. The first kappa shape index (κ1) is 13.9. The molecule has 1 atom stereocenters. The van der Waals surface area contributed by atoms with Crippen LogP contribution in [0.15, 0.2) is 18.2 Å². The summed E-state index contributed by atoms with van der Waals surface area (Å²) in [4.78, 5) is 13.5. The zero-order valence-corrected chi connectivity index (χ0v) is 11.8. The number of benzene rings is 1. The number of nitrogens with zero attached hydrogens (tertiary/aromatic N) is 1. The van der Waals surface area contributed by atoms with Crippen LogP contribution < -0.4 is 10.5 Å². The summed E-state index contributed by atoms with van der Waals surface area (Å²) in [6.07, 6.45) is 1.99. The van der Waals surface area contributed by atoms with Gasteiger partial charge >= 0.3 is 0 Å². The maximum atomic E-state index is 11.8. The van der Waals surface area contributed by atoms with Gasteiger partial charge in [-0.05, 0) is 49.9 Å². The zero-order chi connectivity index (χ0) is 14.0. The van der Waals surface area contributed by atoms with Crippen LogP contribution in [0, 0.1) is 0 Å². The second-order valence-electron chi connectivity index (χ2n) is 5.39. The molecular weight excluding hydrogens is 240 g/mol. The van der Waals surface area contributed by atoms with Crippen LogP contribution in [0.3, 0.4) is 0 Å². The molecular formula is C15H22N2O2. The van der Waals surface area contributed by atoms with Crippen LogP contribution in [-0.4, -0.2) is 30.5 Å². The highest BCUT2D eigenvalue weighted by Gasteiger charge is 2.19. The molecule has 1 aliphatic carbocycles. The maximum Gasteiger partial charge on any atom is 0.260 e. The van der Waals surface area contributed by atoms with Gasteiger partial charge < -0.3 is 15.4 Å². The number of ether oxygens (including phenoxy) is 1. The highest BCUT2D eigenvalue weighted by molar-refractivity contribution is 5.77. The number of carbonyl (C=O) groups is 1. The number of rotatable bonds is 4. The fourth-order valence-electron chi connectivity index (χ4n) is 2.25. The minimum atomic E-state index is -0.00722. The van der Waals surface area contributed by atoms with E-state index < -0.39 is 0 Å². The Balaban J connectivity index is 1.96. The maximum absolute atomic E-state index is 11.8. The van der Waals surface area contributed by atoms with Crippen LogP contribution >= 0.6 is 0 Å². The van der Waals surface area contributed by atoms with Gasteiger partial charge in [0.25, 0.3) is 5.91 Å². The van der Waals surface area contributed by atoms with Crippen molar-refractivity contribution in [3.63, 3.8) is 0 Å². The van der Waals surface area contributed by atoms with E-state index in [0.29, 0.717) is 0 Å². The summed E-state index contributed by atoms with van der Waals surface area (Å²) in [7, 11) is 1.79. The third kappa shape index (κ3) is 3.07. The summed E-state index contributed by atoms with van der Waals surface area (Å²) in [5.41, 5.74) is 8.44. The molecule has 2 rings (SSSR count). The van der Waals surface area contributed by atoms with Gasteiger partial charge in [-0.1, -0.05) is 6.07 Å². The van der Waals surface area contributed by atoms with Gasteiger partial charge in [-0.15, -0.1) is 0 Å². The van der Waals surface area contributed by atoms with Crippen molar-refractivity contribution in [3.05, 3.63) is 29.3 Å². The molecule has 0 aromatic heterocycles. The van der Waals surface area contributed by atoms with Crippen molar-refractivity contribution in [2.75, 3.05) is 13.7 Å². The molecule has 0 fully saturated rings. The van der Waals surface area contributed by atoms with Gasteiger partial charge in [-0.25, -0.2) is 0 Å². The van der Waals surface area contributed by atoms with Crippen molar-refractivity contribution in [1.82, 2.24) is 4.90 Å². The van der Waals surface area contributed by atoms with E-state index in [0.717, 1.165) is 18.6 Å². The molecule has 0 bridgehead atoms. The fourth-order valence-corrected chi connectivity index (χ4v) is 2.25. The number of carbonyl (C=O) groups excluding carboxylic acids is 1. The van der Waals surface area contributed by atoms with Gasteiger partial charge in [0.2, 0.25) is 0 Å². The molecule has 1 aromatic rings. The first-order valence-electron chi connectivity index (χ1n) is 6.76. The SMILES string of the molecule is CC(C)N(C)C(=O)COc1ccc2c(c1)CCC2N. The third-order valence-corrected chi connectivity index (χ3v) is 3.77. The van der Waals surface area contributed by atoms with Gasteiger partial charge in [0, 0.05) is 19.1 Å². The molecule has 0 radical (unpaired) electrons. The Labute approximate surface area is 114 Å². The average molecular weight is 262 g/mol. The lowest BCUT2D eigenvalue weighted by Gasteiger charge is -2.21. The van der Waals surface area contributed by atoms with Gasteiger partial charge in [0.1, 0.15) is 5.75 Å². The third-order valence-electron chi connectivity index (χ3n) is 3.77. The molecule has 0 heterocycles. The number of hydrogen-bond acceptors (Lipinski definition) is 3. The summed E-state index contributed by atoms with van der Waals surface area (Å²) in [6.45, 7) is 4.04. The normalized spacial score (nSPS) is 17.4. The van der Waals surface area contributed by atoms with Crippen LogP contribution in [0.4, 0.5) is 0 Å². The van der Waals surface area contributed by atoms with Gasteiger partial charge in [-0.3, -0.25) is 4.79 Å². The molecule has 19 heavy (non-hydrogen) atoms. The van der Waals surface area contributed by atoms with Crippen LogP contribution in [0.5, 0.6) is 5.75 Å². The standard InChI is InChI=1S/C15H22N2O2/c1-10(2)17(3)15(18)9-19-12-5-6-13-11(8-12)4-7-14(13)16/h5-6,8,10,14H,4,7,9,16H2,1-3H3. The van der Waals surface area contributed by atoms with Crippen molar-refractivity contribution >= 4 is 5.91 Å².